The molecule has 5 nitrogen and oxygen atoms in total. The zero-order valence-electron chi connectivity index (χ0n) is 12.8. The van der Waals surface area contributed by atoms with Crippen LogP contribution >= 0.6 is 0 Å². The van der Waals surface area contributed by atoms with E-state index in [1.54, 1.807) is 0 Å². The van der Waals surface area contributed by atoms with E-state index in [0.29, 0.717) is 12.2 Å². The molecule has 1 aliphatic heterocycles. The van der Waals surface area contributed by atoms with E-state index < -0.39 is 12.0 Å². The molecule has 124 valence electrons. The van der Waals surface area contributed by atoms with Gasteiger partial charge in [0.25, 0.3) is 5.91 Å². The first-order valence-corrected chi connectivity index (χ1v) is 7.98. The van der Waals surface area contributed by atoms with Gasteiger partial charge in [-0.3, -0.25) is 4.79 Å². The predicted molar refractivity (Wildman–Crippen MR) is 80.5 cm³/mol. The van der Waals surface area contributed by atoms with E-state index >= 15 is 0 Å². The number of hydrogen-bond donors (Lipinski definition) is 1. The number of hydrogen-bond acceptors (Lipinski definition) is 3. The lowest BCUT2D eigenvalue weighted by molar-refractivity contribution is -0.150. The third kappa shape index (κ3) is 3.30. The summed E-state index contributed by atoms with van der Waals surface area (Å²) in [5, 5.41) is 9.42. The minimum atomic E-state index is -0.950. The van der Waals surface area contributed by atoms with E-state index in [0.717, 1.165) is 25.7 Å². The summed E-state index contributed by atoms with van der Waals surface area (Å²) in [6, 6.07) is 4.66. The van der Waals surface area contributed by atoms with Crippen molar-refractivity contribution < 1.29 is 23.8 Å². The Morgan fingerprint density at radius 1 is 1.22 bits per heavy atom. The molecule has 2 fully saturated rings. The van der Waals surface area contributed by atoms with Crippen LogP contribution in [0.25, 0.3) is 0 Å². The highest BCUT2D eigenvalue weighted by molar-refractivity contribution is 5.85. The number of ether oxygens (including phenoxy) is 1. The van der Waals surface area contributed by atoms with E-state index in [1.807, 2.05) is 0 Å². The van der Waals surface area contributed by atoms with Crippen molar-refractivity contribution in [3.63, 3.8) is 0 Å². The van der Waals surface area contributed by atoms with Gasteiger partial charge in [0.1, 0.15) is 17.6 Å². The van der Waals surface area contributed by atoms with E-state index in [4.69, 9.17) is 4.74 Å². The van der Waals surface area contributed by atoms with Gasteiger partial charge in [0.05, 0.1) is 0 Å². The summed E-state index contributed by atoms with van der Waals surface area (Å²) in [5.74, 6) is -0.962. The number of carboxylic acids is 1. The molecule has 1 heterocycles. The number of aliphatic carboxylic acids is 1. The fourth-order valence-corrected chi connectivity index (χ4v) is 3.79. The zero-order chi connectivity index (χ0) is 16.4. The van der Waals surface area contributed by atoms with Gasteiger partial charge in [0.2, 0.25) is 0 Å². The van der Waals surface area contributed by atoms with Crippen molar-refractivity contribution in [2.45, 2.75) is 44.2 Å². The number of amides is 1. The summed E-state index contributed by atoms with van der Waals surface area (Å²) in [4.78, 5) is 25.5. The Hall–Kier alpha value is -2.11. The lowest BCUT2D eigenvalue weighted by Crippen LogP contribution is -2.48. The van der Waals surface area contributed by atoms with Gasteiger partial charge < -0.3 is 14.7 Å². The Morgan fingerprint density at radius 3 is 2.61 bits per heavy atom. The van der Waals surface area contributed by atoms with Crippen LogP contribution in [-0.2, 0) is 9.59 Å². The third-order valence-electron chi connectivity index (χ3n) is 4.84. The first-order valence-electron chi connectivity index (χ1n) is 7.98. The molecule has 1 aromatic rings. The largest absolute Gasteiger partial charge is 0.484 e. The van der Waals surface area contributed by atoms with Crippen LogP contribution < -0.4 is 4.74 Å². The molecule has 23 heavy (non-hydrogen) atoms. The normalized spacial score (nSPS) is 26.7. The summed E-state index contributed by atoms with van der Waals surface area (Å²) < 4.78 is 18.3. The minimum absolute atomic E-state index is 0.00849. The number of likely N-dealkylation sites (tertiary alicyclic amines) is 1. The molecule has 1 saturated carbocycles. The van der Waals surface area contributed by atoms with Crippen LogP contribution in [0, 0.1) is 11.7 Å². The van der Waals surface area contributed by atoms with E-state index in [-0.39, 0.29) is 30.3 Å². The quantitative estimate of drug-likeness (QED) is 0.925. The second-order valence-corrected chi connectivity index (χ2v) is 6.25. The number of halogens is 1. The van der Waals surface area contributed by atoms with Crippen molar-refractivity contribution in [3.05, 3.63) is 30.1 Å². The Balaban J connectivity index is 1.68. The first kappa shape index (κ1) is 15.8. The van der Waals surface area contributed by atoms with Crippen LogP contribution in [-0.4, -0.2) is 40.6 Å². The van der Waals surface area contributed by atoms with Gasteiger partial charge in [-0.1, -0.05) is 12.8 Å². The molecule has 2 aliphatic rings. The van der Waals surface area contributed by atoms with Crippen molar-refractivity contribution in [3.8, 4) is 5.75 Å². The molecule has 3 atom stereocenters. The van der Waals surface area contributed by atoms with Crippen molar-refractivity contribution in [2.75, 3.05) is 6.61 Å². The number of carboxylic acid groups (broad SMARTS) is 1. The van der Waals surface area contributed by atoms with E-state index in [9.17, 15) is 19.1 Å². The summed E-state index contributed by atoms with van der Waals surface area (Å²) in [7, 11) is 0. The van der Waals surface area contributed by atoms with Gasteiger partial charge in [-0.05, 0) is 49.4 Å². The van der Waals surface area contributed by atoms with E-state index in [2.05, 4.69) is 0 Å². The molecule has 0 bridgehead atoms. The molecule has 3 rings (SSSR count). The van der Waals surface area contributed by atoms with Crippen molar-refractivity contribution >= 4 is 11.9 Å². The highest BCUT2D eigenvalue weighted by atomic mass is 19.1. The maximum Gasteiger partial charge on any atom is 0.326 e. The first-order chi connectivity index (χ1) is 11.1. The van der Waals surface area contributed by atoms with E-state index in [1.165, 1.54) is 29.2 Å². The summed E-state index contributed by atoms with van der Waals surface area (Å²) in [6.07, 6.45) is 4.49. The molecule has 0 spiro atoms. The number of carbonyl (C=O) groups excluding carboxylic acids is 1. The van der Waals surface area contributed by atoms with Crippen LogP contribution in [0.15, 0.2) is 24.3 Å². The number of fused-ring (bicyclic) bond motifs is 1. The second-order valence-electron chi connectivity index (χ2n) is 6.25. The molecule has 1 aliphatic carbocycles. The molecular weight excluding hydrogens is 301 g/mol. The van der Waals surface area contributed by atoms with Gasteiger partial charge in [-0.15, -0.1) is 0 Å². The van der Waals surface area contributed by atoms with Crippen LogP contribution in [0.4, 0.5) is 4.39 Å². The maximum atomic E-state index is 12.9. The molecule has 1 saturated heterocycles. The molecule has 6 heteroatoms. The fourth-order valence-electron chi connectivity index (χ4n) is 3.79. The highest BCUT2D eigenvalue weighted by Crippen LogP contribution is 2.39. The summed E-state index contributed by atoms with van der Waals surface area (Å²) in [6.45, 7) is -0.224. The molecule has 0 radical (unpaired) electrons. The minimum Gasteiger partial charge on any atom is -0.484 e. The van der Waals surface area contributed by atoms with Crippen LogP contribution in [0.3, 0.4) is 0 Å². The Bertz CT molecular complexity index is 589. The van der Waals surface area contributed by atoms with Crippen LogP contribution in [0.5, 0.6) is 5.75 Å². The van der Waals surface area contributed by atoms with Crippen molar-refractivity contribution in [2.24, 2.45) is 5.92 Å². The topological polar surface area (TPSA) is 66.8 Å². The molecular formula is C17H20FNO4. The van der Waals surface area contributed by atoms with Crippen LogP contribution in [0.1, 0.15) is 32.1 Å². The Labute approximate surface area is 134 Å². The average Bonchev–Trinajstić information content (AvgIpc) is 2.94. The lowest BCUT2D eigenvalue weighted by Gasteiger charge is -2.32. The number of carbonyl (C=O) groups is 2. The molecule has 1 N–H and O–H groups in total. The molecule has 0 aromatic heterocycles. The van der Waals surface area contributed by atoms with Crippen molar-refractivity contribution in [1.82, 2.24) is 4.90 Å². The zero-order valence-corrected chi connectivity index (χ0v) is 12.8. The Kier molecular flexibility index (Phi) is 4.50. The number of benzene rings is 1. The Morgan fingerprint density at radius 2 is 1.91 bits per heavy atom. The smallest absolute Gasteiger partial charge is 0.326 e. The molecule has 1 aromatic carbocycles. The van der Waals surface area contributed by atoms with Gasteiger partial charge in [0, 0.05) is 6.04 Å². The SMILES string of the molecule is O=C(O)C1CC2CCCCC2N1C(=O)COc1ccc(F)cc1. The third-order valence-corrected chi connectivity index (χ3v) is 4.84. The molecule has 1 amide bonds. The maximum absolute atomic E-state index is 12.9. The lowest BCUT2D eigenvalue weighted by atomic mass is 9.85. The number of nitrogens with zero attached hydrogens (tertiary/aromatic N) is 1. The van der Waals surface area contributed by atoms with Crippen molar-refractivity contribution in [1.29, 1.82) is 0 Å². The molecule has 3 unspecified atom stereocenters. The standard InChI is InChI=1S/C17H20FNO4/c18-12-5-7-13(8-6-12)23-10-16(20)19-14-4-2-1-3-11(14)9-15(19)17(21)22/h5-8,11,14-15H,1-4,9-10H2,(H,21,22). The van der Waals surface area contributed by atoms with Crippen LogP contribution in [0.2, 0.25) is 0 Å². The monoisotopic (exact) mass is 321 g/mol. The average molecular weight is 321 g/mol. The summed E-state index contributed by atoms with van der Waals surface area (Å²) in [5.41, 5.74) is 0. The summed E-state index contributed by atoms with van der Waals surface area (Å²) >= 11 is 0. The number of rotatable bonds is 4. The van der Waals surface area contributed by atoms with Gasteiger partial charge >= 0.3 is 5.97 Å². The van der Waals surface area contributed by atoms with Gasteiger partial charge in [0.15, 0.2) is 6.61 Å². The fraction of sp³-hybridized carbons (Fsp3) is 0.529. The second kappa shape index (κ2) is 6.56. The van der Waals surface area contributed by atoms with Gasteiger partial charge in [-0.2, -0.15) is 0 Å². The van der Waals surface area contributed by atoms with Gasteiger partial charge in [-0.25, -0.2) is 9.18 Å². The predicted octanol–water partition coefficient (Wildman–Crippen LogP) is 2.45. The highest BCUT2D eigenvalue weighted by Gasteiger charge is 2.47.